The Balaban J connectivity index is 2.15. The normalized spacial score (nSPS) is 29.6. The Morgan fingerprint density at radius 2 is 1.86 bits per heavy atom. The van der Waals surface area contributed by atoms with Crippen molar-refractivity contribution in [3.63, 3.8) is 0 Å². The number of rotatable bonds is 4. The molecule has 2 heterocycles. The molecule has 2 aliphatic rings. The molecule has 5 heteroatoms. The molecule has 124 valence electrons. The minimum Gasteiger partial charge on any atom is -0.298 e. The molecule has 0 amide bonds. The van der Waals surface area contributed by atoms with Gasteiger partial charge in [-0.25, -0.2) is 8.42 Å². The molecule has 0 aliphatic carbocycles. The van der Waals surface area contributed by atoms with E-state index >= 15 is 0 Å². The van der Waals surface area contributed by atoms with Gasteiger partial charge in [-0.3, -0.25) is 9.80 Å². The predicted octanol–water partition coefficient (Wildman–Crippen LogP) is 2.00. The zero-order chi connectivity index (χ0) is 15.8. The molecule has 0 aromatic heterocycles. The van der Waals surface area contributed by atoms with E-state index in [9.17, 15) is 8.42 Å². The van der Waals surface area contributed by atoms with Gasteiger partial charge in [0.1, 0.15) is 0 Å². The Morgan fingerprint density at radius 1 is 1.19 bits per heavy atom. The standard InChI is InChI=1S/C16H32N2O2S/c1-13(2)15-11-17-9-7-6-8-14(17)10-18(15)12-16(3,4)21(5,19)20/h13-15H,6-12H2,1-5H3. The first-order valence-electron chi connectivity index (χ1n) is 8.29. The summed E-state index contributed by atoms with van der Waals surface area (Å²) in [5.41, 5.74) is 0. The third-order valence-corrected chi connectivity index (χ3v) is 7.58. The van der Waals surface area contributed by atoms with Crippen LogP contribution in [0.2, 0.25) is 0 Å². The maximum absolute atomic E-state index is 12.0. The lowest BCUT2D eigenvalue weighted by Crippen LogP contribution is -2.63. The summed E-state index contributed by atoms with van der Waals surface area (Å²) in [6.45, 7) is 12.3. The molecule has 0 bridgehead atoms. The van der Waals surface area contributed by atoms with Crippen LogP contribution in [0.1, 0.15) is 47.0 Å². The second-order valence-corrected chi connectivity index (χ2v) is 10.6. The van der Waals surface area contributed by atoms with E-state index in [-0.39, 0.29) is 0 Å². The summed E-state index contributed by atoms with van der Waals surface area (Å²) >= 11 is 0. The van der Waals surface area contributed by atoms with Gasteiger partial charge in [0.05, 0.1) is 4.75 Å². The van der Waals surface area contributed by atoms with Crippen molar-refractivity contribution in [2.45, 2.75) is 63.8 Å². The van der Waals surface area contributed by atoms with Gasteiger partial charge in [0, 0.05) is 38.0 Å². The summed E-state index contributed by atoms with van der Waals surface area (Å²) in [4.78, 5) is 5.09. The Kier molecular flexibility index (Phi) is 5.06. The predicted molar refractivity (Wildman–Crippen MR) is 88.3 cm³/mol. The summed E-state index contributed by atoms with van der Waals surface area (Å²) in [7, 11) is -3.04. The molecular formula is C16H32N2O2S. The van der Waals surface area contributed by atoms with Crippen LogP contribution in [0.15, 0.2) is 0 Å². The van der Waals surface area contributed by atoms with Crippen molar-refractivity contribution in [1.29, 1.82) is 0 Å². The van der Waals surface area contributed by atoms with Gasteiger partial charge in [-0.15, -0.1) is 0 Å². The highest BCUT2D eigenvalue weighted by molar-refractivity contribution is 7.92. The van der Waals surface area contributed by atoms with Gasteiger partial charge in [0.15, 0.2) is 9.84 Å². The Hall–Kier alpha value is -0.130. The molecule has 21 heavy (non-hydrogen) atoms. The summed E-state index contributed by atoms with van der Waals surface area (Å²) in [5, 5.41) is 0. The third-order valence-electron chi connectivity index (χ3n) is 5.44. The molecule has 2 unspecified atom stereocenters. The van der Waals surface area contributed by atoms with Crippen LogP contribution in [0, 0.1) is 5.92 Å². The molecular weight excluding hydrogens is 284 g/mol. The number of sulfone groups is 1. The number of nitrogens with zero attached hydrogens (tertiary/aromatic N) is 2. The number of piperazine rings is 1. The van der Waals surface area contributed by atoms with Crippen molar-refractivity contribution in [3.05, 3.63) is 0 Å². The zero-order valence-electron chi connectivity index (χ0n) is 14.3. The summed E-state index contributed by atoms with van der Waals surface area (Å²) in [6.07, 6.45) is 5.27. The minimum atomic E-state index is -3.04. The number of hydrogen-bond donors (Lipinski definition) is 0. The molecule has 2 aliphatic heterocycles. The highest BCUT2D eigenvalue weighted by atomic mass is 32.2. The summed E-state index contributed by atoms with van der Waals surface area (Å²) < 4.78 is 23.4. The van der Waals surface area contributed by atoms with Crippen molar-refractivity contribution in [3.8, 4) is 0 Å². The van der Waals surface area contributed by atoms with Gasteiger partial charge in [-0.05, 0) is 39.2 Å². The summed E-state index contributed by atoms with van der Waals surface area (Å²) in [6, 6.07) is 1.10. The van der Waals surface area contributed by atoms with Gasteiger partial charge in [0.25, 0.3) is 0 Å². The van der Waals surface area contributed by atoms with E-state index in [1.54, 1.807) is 0 Å². The van der Waals surface area contributed by atoms with E-state index < -0.39 is 14.6 Å². The van der Waals surface area contributed by atoms with Crippen molar-refractivity contribution in [2.75, 3.05) is 32.4 Å². The largest absolute Gasteiger partial charge is 0.298 e. The molecule has 2 atom stereocenters. The average molecular weight is 317 g/mol. The van der Waals surface area contributed by atoms with E-state index in [4.69, 9.17) is 0 Å². The van der Waals surface area contributed by atoms with Gasteiger partial charge in [-0.1, -0.05) is 20.3 Å². The minimum absolute atomic E-state index is 0.473. The first-order chi connectivity index (χ1) is 9.62. The lowest BCUT2D eigenvalue weighted by molar-refractivity contribution is -0.0108. The van der Waals surface area contributed by atoms with Crippen molar-refractivity contribution >= 4 is 9.84 Å². The fraction of sp³-hybridized carbons (Fsp3) is 1.00. The van der Waals surface area contributed by atoms with Gasteiger partial charge in [-0.2, -0.15) is 0 Å². The lowest BCUT2D eigenvalue weighted by atomic mass is 9.91. The van der Waals surface area contributed by atoms with E-state index in [1.165, 1.54) is 32.1 Å². The Morgan fingerprint density at radius 3 is 2.43 bits per heavy atom. The van der Waals surface area contributed by atoms with Crippen LogP contribution in [0.3, 0.4) is 0 Å². The Bertz CT molecular complexity index is 459. The van der Waals surface area contributed by atoms with E-state index in [2.05, 4.69) is 23.6 Å². The molecule has 4 nitrogen and oxygen atoms in total. The fourth-order valence-electron chi connectivity index (χ4n) is 3.69. The number of hydrogen-bond acceptors (Lipinski definition) is 4. The molecule has 0 saturated carbocycles. The topological polar surface area (TPSA) is 40.6 Å². The van der Waals surface area contributed by atoms with E-state index in [0.29, 0.717) is 24.5 Å². The van der Waals surface area contributed by atoms with Crippen LogP contribution >= 0.6 is 0 Å². The van der Waals surface area contributed by atoms with Gasteiger partial charge < -0.3 is 0 Å². The lowest BCUT2D eigenvalue weighted by Gasteiger charge is -2.51. The number of fused-ring (bicyclic) bond motifs is 1. The van der Waals surface area contributed by atoms with Crippen molar-refractivity contribution in [2.24, 2.45) is 5.92 Å². The summed E-state index contributed by atoms with van der Waals surface area (Å²) in [5.74, 6) is 0.559. The molecule has 0 radical (unpaired) electrons. The SMILES string of the molecule is CC(C)C1CN2CCCCC2CN1CC(C)(C)S(C)(=O)=O. The molecule has 2 fully saturated rings. The molecule has 0 aromatic carbocycles. The second kappa shape index (κ2) is 6.17. The highest BCUT2D eigenvalue weighted by Gasteiger charge is 2.40. The van der Waals surface area contributed by atoms with Crippen LogP contribution in [-0.2, 0) is 9.84 Å². The Labute approximate surface area is 130 Å². The van der Waals surface area contributed by atoms with Crippen LogP contribution in [0.4, 0.5) is 0 Å². The first-order valence-corrected chi connectivity index (χ1v) is 10.2. The maximum Gasteiger partial charge on any atom is 0.153 e. The van der Waals surface area contributed by atoms with Gasteiger partial charge in [0.2, 0.25) is 0 Å². The molecule has 2 saturated heterocycles. The van der Waals surface area contributed by atoms with E-state index in [0.717, 1.165) is 13.1 Å². The van der Waals surface area contributed by atoms with Crippen LogP contribution in [-0.4, -0.2) is 67.5 Å². The average Bonchev–Trinajstić information content (AvgIpc) is 2.35. The van der Waals surface area contributed by atoms with Crippen LogP contribution in [0.25, 0.3) is 0 Å². The smallest absolute Gasteiger partial charge is 0.153 e. The van der Waals surface area contributed by atoms with Crippen LogP contribution < -0.4 is 0 Å². The van der Waals surface area contributed by atoms with Crippen molar-refractivity contribution < 1.29 is 8.42 Å². The molecule has 0 N–H and O–H groups in total. The van der Waals surface area contributed by atoms with Crippen LogP contribution in [0.5, 0.6) is 0 Å². The molecule has 0 spiro atoms. The van der Waals surface area contributed by atoms with E-state index in [1.807, 2.05) is 13.8 Å². The maximum atomic E-state index is 12.0. The third kappa shape index (κ3) is 3.80. The molecule has 0 aromatic rings. The zero-order valence-corrected chi connectivity index (χ0v) is 15.1. The number of piperidine rings is 1. The monoisotopic (exact) mass is 316 g/mol. The first kappa shape index (κ1) is 17.2. The fourth-order valence-corrected chi connectivity index (χ4v) is 4.09. The quantitative estimate of drug-likeness (QED) is 0.795. The van der Waals surface area contributed by atoms with Gasteiger partial charge >= 0.3 is 0 Å². The van der Waals surface area contributed by atoms with Crippen molar-refractivity contribution in [1.82, 2.24) is 9.80 Å². The highest BCUT2D eigenvalue weighted by Crippen LogP contribution is 2.29. The second-order valence-electron chi connectivity index (χ2n) is 7.92. The molecule has 2 rings (SSSR count).